The number of nitrogens with zero attached hydrogens (tertiary/aromatic N) is 1. The molecule has 2 aromatic rings. The molecule has 2 aromatic carbocycles. The maximum absolute atomic E-state index is 12.1. The van der Waals surface area contributed by atoms with E-state index in [-0.39, 0.29) is 17.0 Å². The Kier molecular flexibility index (Phi) is 5.57. The number of hydrogen-bond acceptors (Lipinski definition) is 5. The maximum atomic E-state index is 12.1. The predicted octanol–water partition coefficient (Wildman–Crippen LogP) is 3.42. The Morgan fingerprint density at radius 1 is 1.08 bits per heavy atom. The lowest BCUT2D eigenvalue weighted by molar-refractivity contribution is -0.385. The number of rotatable bonds is 6. The molecule has 1 unspecified atom stereocenters. The van der Waals surface area contributed by atoms with Gasteiger partial charge in [0.15, 0.2) is 6.10 Å². The second kappa shape index (κ2) is 7.82. The van der Waals surface area contributed by atoms with Gasteiger partial charge in [0.25, 0.3) is 5.69 Å². The smallest absolute Gasteiger partial charge is 0.331 e. The van der Waals surface area contributed by atoms with Crippen molar-refractivity contribution in [3.8, 4) is 0 Å². The van der Waals surface area contributed by atoms with Crippen molar-refractivity contribution in [1.82, 2.24) is 0 Å². The van der Waals surface area contributed by atoms with E-state index in [4.69, 9.17) is 4.74 Å². The fraction of sp³-hybridized carbons (Fsp3) is 0.111. The van der Waals surface area contributed by atoms with Crippen LogP contribution in [-0.4, -0.2) is 22.8 Å². The molecule has 6 heteroatoms. The van der Waals surface area contributed by atoms with Crippen LogP contribution in [0.4, 0.5) is 5.69 Å². The molecule has 24 heavy (non-hydrogen) atoms. The zero-order valence-electron chi connectivity index (χ0n) is 12.9. The summed E-state index contributed by atoms with van der Waals surface area (Å²) in [5.41, 5.74) is 0.608. The summed E-state index contributed by atoms with van der Waals surface area (Å²) < 4.78 is 5.04. The molecule has 0 N–H and O–H groups in total. The molecule has 6 nitrogen and oxygen atoms in total. The molecule has 0 aliphatic heterocycles. The van der Waals surface area contributed by atoms with Gasteiger partial charge in [0.2, 0.25) is 5.78 Å². The third-order valence-electron chi connectivity index (χ3n) is 3.25. The molecule has 0 spiro atoms. The zero-order valence-corrected chi connectivity index (χ0v) is 12.9. The number of carbonyl (C=O) groups is 2. The van der Waals surface area contributed by atoms with Crippen LogP contribution in [0.2, 0.25) is 0 Å². The Hall–Kier alpha value is -3.28. The Balaban J connectivity index is 2.03. The average Bonchev–Trinajstić information content (AvgIpc) is 2.60. The van der Waals surface area contributed by atoms with Crippen molar-refractivity contribution in [1.29, 1.82) is 0 Å². The van der Waals surface area contributed by atoms with Gasteiger partial charge in [-0.3, -0.25) is 14.9 Å². The van der Waals surface area contributed by atoms with E-state index in [0.29, 0.717) is 5.56 Å². The fourth-order valence-corrected chi connectivity index (χ4v) is 2.06. The predicted molar refractivity (Wildman–Crippen MR) is 88.5 cm³/mol. The highest BCUT2D eigenvalue weighted by Crippen LogP contribution is 2.19. The van der Waals surface area contributed by atoms with Crippen molar-refractivity contribution >= 4 is 23.5 Å². The Morgan fingerprint density at radius 3 is 2.38 bits per heavy atom. The van der Waals surface area contributed by atoms with E-state index in [1.807, 2.05) is 0 Å². The van der Waals surface area contributed by atoms with Crippen molar-refractivity contribution in [3.05, 3.63) is 81.9 Å². The van der Waals surface area contributed by atoms with Crippen molar-refractivity contribution in [2.45, 2.75) is 13.0 Å². The van der Waals surface area contributed by atoms with Crippen LogP contribution in [0.3, 0.4) is 0 Å². The highest BCUT2D eigenvalue weighted by atomic mass is 16.6. The maximum Gasteiger partial charge on any atom is 0.331 e. The number of nitro benzene ring substituents is 1. The van der Waals surface area contributed by atoms with Gasteiger partial charge >= 0.3 is 5.97 Å². The quantitative estimate of drug-likeness (QED) is 0.267. The number of esters is 1. The summed E-state index contributed by atoms with van der Waals surface area (Å²) >= 11 is 0. The van der Waals surface area contributed by atoms with E-state index >= 15 is 0 Å². The van der Waals surface area contributed by atoms with Crippen LogP contribution in [0.1, 0.15) is 22.8 Å². The minimum atomic E-state index is -0.949. The lowest BCUT2D eigenvalue weighted by Crippen LogP contribution is -2.23. The summed E-state index contributed by atoms with van der Waals surface area (Å²) in [4.78, 5) is 34.3. The van der Waals surface area contributed by atoms with Crippen LogP contribution in [0.25, 0.3) is 6.08 Å². The minimum Gasteiger partial charge on any atom is -0.451 e. The summed E-state index contributed by atoms with van der Waals surface area (Å²) in [6.07, 6.45) is 1.41. The van der Waals surface area contributed by atoms with E-state index in [0.717, 1.165) is 6.08 Å². The lowest BCUT2D eigenvalue weighted by Gasteiger charge is -2.10. The lowest BCUT2D eigenvalue weighted by atomic mass is 10.1. The van der Waals surface area contributed by atoms with Gasteiger partial charge < -0.3 is 4.74 Å². The third kappa shape index (κ3) is 4.36. The van der Waals surface area contributed by atoms with E-state index in [1.54, 1.807) is 36.4 Å². The number of carbonyl (C=O) groups excluding carboxylic acids is 2. The molecule has 0 aromatic heterocycles. The molecule has 0 radical (unpaired) electrons. The first-order valence-electron chi connectivity index (χ1n) is 7.20. The van der Waals surface area contributed by atoms with E-state index in [9.17, 15) is 19.7 Å². The highest BCUT2D eigenvalue weighted by Gasteiger charge is 2.18. The van der Waals surface area contributed by atoms with E-state index in [1.165, 1.54) is 31.2 Å². The fourth-order valence-electron chi connectivity index (χ4n) is 2.06. The number of hydrogen-bond donors (Lipinski definition) is 0. The van der Waals surface area contributed by atoms with Gasteiger partial charge in [0.1, 0.15) is 0 Å². The summed E-state index contributed by atoms with van der Waals surface area (Å²) in [5.74, 6) is -1.06. The second-order valence-electron chi connectivity index (χ2n) is 4.96. The standard InChI is InChI=1S/C18H15NO5/c1-13(18(21)15-8-3-2-4-9-15)24-17(20)12-11-14-7-5-6-10-16(14)19(22)23/h2-13H,1H3. The van der Waals surface area contributed by atoms with Crippen molar-refractivity contribution in [3.63, 3.8) is 0 Å². The SMILES string of the molecule is CC(OC(=O)C=Cc1ccccc1[N+](=O)[O-])C(=O)c1ccccc1. The molecule has 0 bridgehead atoms. The molecule has 0 heterocycles. The van der Waals surface area contributed by atoms with E-state index in [2.05, 4.69) is 0 Å². The summed E-state index contributed by atoms with van der Waals surface area (Å²) in [7, 11) is 0. The first-order chi connectivity index (χ1) is 11.5. The van der Waals surface area contributed by atoms with Gasteiger partial charge in [-0.1, -0.05) is 42.5 Å². The van der Waals surface area contributed by atoms with Gasteiger partial charge in [-0.25, -0.2) is 4.79 Å². The topological polar surface area (TPSA) is 86.5 Å². The van der Waals surface area contributed by atoms with Gasteiger partial charge in [-0.2, -0.15) is 0 Å². The molecule has 2 rings (SSSR count). The van der Waals surface area contributed by atoms with Crippen molar-refractivity contribution < 1.29 is 19.2 Å². The van der Waals surface area contributed by atoms with Crippen LogP contribution in [0.15, 0.2) is 60.7 Å². The Bertz CT molecular complexity index is 783. The molecule has 0 aliphatic carbocycles. The van der Waals surface area contributed by atoms with Crippen molar-refractivity contribution in [2.75, 3.05) is 0 Å². The largest absolute Gasteiger partial charge is 0.451 e. The number of Topliss-reactive ketones (excluding diaryl/α,β-unsaturated/α-hetero) is 1. The van der Waals surface area contributed by atoms with Gasteiger partial charge in [0.05, 0.1) is 10.5 Å². The second-order valence-corrected chi connectivity index (χ2v) is 4.96. The zero-order chi connectivity index (χ0) is 17.5. The molecule has 0 saturated heterocycles. The third-order valence-corrected chi connectivity index (χ3v) is 3.25. The molecule has 0 aliphatic rings. The number of benzene rings is 2. The minimum absolute atomic E-state index is 0.116. The van der Waals surface area contributed by atoms with Crippen LogP contribution >= 0.6 is 0 Å². The summed E-state index contributed by atoms with van der Waals surface area (Å²) in [6.45, 7) is 1.48. The van der Waals surface area contributed by atoms with Crippen LogP contribution in [-0.2, 0) is 9.53 Å². The monoisotopic (exact) mass is 325 g/mol. The van der Waals surface area contributed by atoms with Gasteiger partial charge in [-0.05, 0) is 19.1 Å². The number of ketones is 1. The van der Waals surface area contributed by atoms with E-state index < -0.39 is 17.0 Å². The molecule has 122 valence electrons. The van der Waals surface area contributed by atoms with Crippen molar-refractivity contribution in [2.24, 2.45) is 0 Å². The van der Waals surface area contributed by atoms with Crippen LogP contribution in [0, 0.1) is 10.1 Å². The first kappa shape index (κ1) is 17.1. The molecular formula is C18H15NO5. The highest BCUT2D eigenvalue weighted by molar-refractivity contribution is 6.01. The first-order valence-corrected chi connectivity index (χ1v) is 7.20. The summed E-state index contributed by atoms with van der Waals surface area (Å²) in [5, 5.41) is 10.9. The normalized spacial score (nSPS) is 11.9. The molecule has 0 fully saturated rings. The molecule has 1 atom stereocenters. The Labute approximate surface area is 138 Å². The molecule has 0 amide bonds. The Morgan fingerprint density at radius 2 is 1.71 bits per heavy atom. The van der Waals surface area contributed by atoms with Crippen LogP contribution < -0.4 is 0 Å². The van der Waals surface area contributed by atoms with Crippen LogP contribution in [0.5, 0.6) is 0 Å². The number of para-hydroxylation sites is 1. The summed E-state index contributed by atoms with van der Waals surface area (Å²) in [6, 6.07) is 14.5. The molecular weight excluding hydrogens is 310 g/mol. The average molecular weight is 325 g/mol. The number of nitro groups is 1. The molecule has 0 saturated carbocycles. The number of ether oxygens (including phenoxy) is 1. The van der Waals surface area contributed by atoms with Gasteiger partial charge in [-0.15, -0.1) is 0 Å². The van der Waals surface area contributed by atoms with Gasteiger partial charge in [0, 0.05) is 17.7 Å².